The zero-order valence-electron chi connectivity index (χ0n) is 15.4. The summed E-state index contributed by atoms with van der Waals surface area (Å²) in [4.78, 5) is 28.8. The number of hydrogen-bond acceptors (Lipinski definition) is 3. The lowest BCUT2D eigenvalue weighted by molar-refractivity contribution is -0.117. The van der Waals surface area contributed by atoms with E-state index in [2.05, 4.69) is 34.5 Å². The average molecular weight is 363 g/mol. The molecule has 4 rings (SSSR count). The van der Waals surface area contributed by atoms with Crippen LogP contribution in [0.25, 0.3) is 0 Å². The van der Waals surface area contributed by atoms with Crippen LogP contribution in [0.1, 0.15) is 35.2 Å². The van der Waals surface area contributed by atoms with Crippen LogP contribution >= 0.6 is 0 Å². The van der Waals surface area contributed by atoms with Crippen LogP contribution in [-0.4, -0.2) is 42.4 Å². The van der Waals surface area contributed by atoms with Crippen molar-refractivity contribution in [2.75, 3.05) is 24.5 Å². The first-order chi connectivity index (χ1) is 13.2. The van der Waals surface area contributed by atoms with Crippen LogP contribution in [0.4, 0.5) is 5.69 Å². The molecule has 0 aliphatic carbocycles. The van der Waals surface area contributed by atoms with E-state index >= 15 is 0 Å². The van der Waals surface area contributed by atoms with Gasteiger partial charge in [-0.05, 0) is 36.6 Å². The summed E-state index contributed by atoms with van der Waals surface area (Å²) in [6, 6.07) is 18.0. The Bertz CT molecular complexity index is 821. The van der Waals surface area contributed by atoms with Crippen molar-refractivity contribution in [3.8, 4) is 0 Å². The molecule has 0 aromatic heterocycles. The van der Waals surface area contributed by atoms with E-state index in [0.29, 0.717) is 12.0 Å². The van der Waals surface area contributed by atoms with Crippen LogP contribution in [0.3, 0.4) is 0 Å². The average Bonchev–Trinajstić information content (AvgIpc) is 3.31. The monoisotopic (exact) mass is 363 g/mol. The lowest BCUT2D eigenvalue weighted by Gasteiger charge is -2.18. The number of likely N-dealkylation sites (tertiary alicyclic amines) is 1. The largest absolute Gasteiger partial charge is 0.348 e. The van der Waals surface area contributed by atoms with Gasteiger partial charge < -0.3 is 10.2 Å². The number of carbonyl (C=O) groups excluding carboxylic acids is 2. The molecule has 0 radical (unpaired) electrons. The third kappa shape index (κ3) is 4.19. The Kier molecular flexibility index (Phi) is 5.21. The molecule has 1 N–H and O–H groups in total. The van der Waals surface area contributed by atoms with Crippen LogP contribution < -0.4 is 10.2 Å². The minimum Gasteiger partial charge on any atom is -0.348 e. The number of rotatable bonds is 5. The SMILES string of the molecule is O=C(N[C@H]1CCN(Cc2ccccc2)C1)c1cccc(N2CCCC2=O)c1. The van der Waals surface area contributed by atoms with Gasteiger partial charge in [0.1, 0.15) is 0 Å². The summed E-state index contributed by atoms with van der Waals surface area (Å²) in [7, 11) is 0. The second-order valence-electron chi connectivity index (χ2n) is 7.38. The van der Waals surface area contributed by atoms with Crippen molar-refractivity contribution in [3.63, 3.8) is 0 Å². The molecule has 2 aliphatic rings. The smallest absolute Gasteiger partial charge is 0.251 e. The lowest BCUT2D eigenvalue weighted by Crippen LogP contribution is -2.37. The molecule has 2 heterocycles. The molecule has 2 aromatic rings. The number of carbonyl (C=O) groups is 2. The number of benzene rings is 2. The molecule has 0 saturated carbocycles. The molecule has 1 atom stereocenters. The second kappa shape index (κ2) is 7.92. The first-order valence-electron chi connectivity index (χ1n) is 9.66. The summed E-state index contributed by atoms with van der Waals surface area (Å²) in [5.41, 5.74) is 2.74. The molecule has 0 bridgehead atoms. The van der Waals surface area contributed by atoms with Crippen LogP contribution in [0.5, 0.6) is 0 Å². The third-order valence-electron chi connectivity index (χ3n) is 5.35. The van der Waals surface area contributed by atoms with E-state index < -0.39 is 0 Å². The van der Waals surface area contributed by atoms with Crippen LogP contribution in [0, 0.1) is 0 Å². The van der Waals surface area contributed by atoms with Gasteiger partial charge >= 0.3 is 0 Å². The van der Waals surface area contributed by atoms with Gasteiger partial charge in [0, 0.05) is 49.9 Å². The Labute approximate surface area is 160 Å². The highest BCUT2D eigenvalue weighted by Crippen LogP contribution is 2.22. The Morgan fingerprint density at radius 2 is 1.93 bits per heavy atom. The molecule has 2 aliphatic heterocycles. The van der Waals surface area contributed by atoms with Gasteiger partial charge in [0.15, 0.2) is 0 Å². The summed E-state index contributed by atoms with van der Waals surface area (Å²) in [6.45, 7) is 3.51. The molecule has 2 aromatic carbocycles. The fraction of sp³-hybridized carbons (Fsp3) is 0.364. The number of anilines is 1. The maximum atomic E-state index is 12.7. The third-order valence-corrected chi connectivity index (χ3v) is 5.35. The highest BCUT2D eigenvalue weighted by atomic mass is 16.2. The van der Waals surface area contributed by atoms with Crippen LogP contribution in [0.2, 0.25) is 0 Å². The van der Waals surface area contributed by atoms with E-state index in [1.165, 1.54) is 5.56 Å². The molecular weight excluding hydrogens is 338 g/mol. The fourth-order valence-corrected chi connectivity index (χ4v) is 3.94. The van der Waals surface area contributed by atoms with E-state index in [1.54, 1.807) is 4.90 Å². The van der Waals surface area contributed by atoms with Crippen molar-refractivity contribution in [3.05, 3.63) is 65.7 Å². The van der Waals surface area contributed by atoms with Gasteiger partial charge in [0.25, 0.3) is 5.91 Å². The van der Waals surface area contributed by atoms with E-state index in [1.807, 2.05) is 30.3 Å². The molecular formula is C22H25N3O2. The first-order valence-corrected chi connectivity index (χ1v) is 9.66. The fourth-order valence-electron chi connectivity index (χ4n) is 3.94. The number of hydrogen-bond donors (Lipinski definition) is 1. The van der Waals surface area contributed by atoms with Gasteiger partial charge in [-0.3, -0.25) is 14.5 Å². The van der Waals surface area contributed by atoms with Crippen molar-refractivity contribution in [1.29, 1.82) is 0 Å². The van der Waals surface area contributed by atoms with Gasteiger partial charge in [-0.1, -0.05) is 36.4 Å². The van der Waals surface area contributed by atoms with Gasteiger partial charge in [0.2, 0.25) is 5.91 Å². The predicted octanol–water partition coefficient (Wildman–Crippen LogP) is 2.82. The summed E-state index contributed by atoms with van der Waals surface area (Å²) >= 11 is 0. The van der Waals surface area contributed by atoms with E-state index in [-0.39, 0.29) is 17.9 Å². The van der Waals surface area contributed by atoms with E-state index in [9.17, 15) is 9.59 Å². The number of amides is 2. The molecule has 2 saturated heterocycles. The summed E-state index contributed by atoms with van der Waals surface area (Å²) in [6.07, 6.45) is 2.44. The Morgan fingerprint density at radius 3 is 2.70 bits per heavy atom. The molecule has 27 heavy (non-hydrogen) atoms. The topological polar surface area (TPSA) is 52.7 Å². The highest BCUT2D eigenvalue weighted by molar-refractivity contribution is 5.99. The normalized spacial score (nSPS) is 20.2. The molecule has 0 spiro atoms. The standard InChI is InChI=1S/C22H25N3O2/c26-21-10-5-12-25(21)20-9-4-8-18(14-20)22(27)23-19-11-13-24(16-19)15-17-6-2-1-3-7-17/h1-4,6-9,14,19H,5,10-13,15-16H2,(H,23,27)/t19-/m0/s1. The maximum Gasteiger partial charge on any atom is 0.251 e. The number of nitrogens with one attached hydrogen (secondary N) is 1. The molecule has 140 valence electrons. The van der Waals surface area contributed by atoms with Gasteiger partial charge in [-0.25, -0.2) is 0 Å². The highest BCUT2D eigenvalue weighted by Gasteiger charge is 2.25. The quantitative estimate of drug-likeness (QED) is 0.889. The van der Waals surface area contributed by atoms with Crippen molar-refractivity contribution < 1.29 is 9.59 Å². The lowest BCUT2D eigenvalue weighted by atomic mass is 10.1. The van der Waals surface area contributed by atoms with Crippen LogP contribution in [0.15, 0.2) is 54.6 Å². The van der Waals surface area contributed by atoms with Crippen LogP contribution in [-0.2, 0) is 11.3 Å². The minimum absolute atomic E-state index is 0.0601. The Hall–Kier alpha value is -2.66. The van der Waals surface area contributed by atoms with Crippen molar-refractivity contribution in [2.24, 2.45) is 0 Å². The Morgan fingerprint density at radius 1 is 1.07 bits per heavy atom. The van der Waals surface area contributed by atoms with Crippen molar-refractivity contribution in [1.82, 2.24) is 10.2 Å². The Balaban J connectivity index is 1.35. The maximum absolute atomic E-state index is 12.7. The zero-order chi connectivity index (χ0) is 18.6. The van der Waals surface area contributed by atoms with Gasteiger partial charge in [-0.15, -0.1) is 0 Å². The minimum atomic E-state index is -0.0601. The first kappa shape index (κ1) is 17.7. The van der Waals surface area contributed by atoms with Gasteiger partial charge in [-0.2, -0.15) is 0 Å². The number of nitrogens with zero attached hydrogens (tertiary/aromatic N) is 2. The predicted molar refractivity (Wildman–Crippen MR) is 106 cm³/mol. The second-order valence-corrected chi connectivity index (χ2v) is 7.38. The zero-order valence-corrected chi connectivity index (χ0v) is 15.4. The molecule has 5 nitrogen and oxygen atoms in total. The van der Waals surface area contributed by atoms with Crippen molar-refractivity contribution >= 4 is 17.5 Å². The van der Waals surface area contributed by atoms with E-state index in [0.717, 1.165) is 44.7 Å². The molecule has 0 unspecified atom stereocenters. The van der Waals surface area contributed by atoms with Crippen molar-refractivity contribution in [2.45, 2.75) is 31.8 Å². The molecule has 2 fully saturated rings. The molecule has 2 amide bonds. The summed E-state index contributed by atoms with van der Waals surface area (Å²) in [5.74, 6) is 0.0787. The van der Waals surface area contributed by atoms with Gasteiger partial charge in [0.05, 0.1) is 0 Å². The van der Waals surface area contributed by atoms with E-state index in [4.69, 9.17) is 0 Å². The summed E-state index contributed by atoms with van der Waals surface area (Å²) in [5, 5.41) is 3.16. The molecule has 5 heteroatoms. The summed E-state index contributed by atoms with van der Waals surface area (Å²) < 4.78 is 0.